The van der Waals surface area contributed by atoms with Crippen LogP contribution in [0.1, 0.15) is 10.6 Å². The molecule has 0 fully saturated rings. The fraction of sp³-hybridized carbons (Fsp3) is 0. The van der Waals surface area contributed by atoms with Crippen molar-refractivity contribution in [1.29, 1.82) is 0 Å². The van der Waals surface area contributed by atoms with E-state index in [1.165, 1.54) is 0 Å². The average molecular weight is 223 g/mol. The van der Waals surface area contributed by atoms with Crippen molar-refractivity contribution in [1.82, 2.24) is 15.0 Å². The number of pyridine rings is 1. The average Bonchev–Trinajstić information content (AvgIpc) is 2.81. The molecule has 17 heavy (non-hydrogen) atoms. The molecular formula is C13H9N3O. The molecule has 2 aromatic heterocycles. The second-order valence-electron chi connectivity index (χ2n) is 3.70. The topological polar surface area (TPSA) is 58.6 Å². The predicted octanol–water partition coefficient (Wildman–Crippen LogP) is 2.44. The van der Waals surface area contributed by atoms with Crippen LogP contribution in [0.3, 0.4) is 0 Å². The molecule has 0 radical (unpaired) electrons. The summed E-state index contributed by atoms with van der Waals surface area (Å²) >= 11 is 0. The summed E-state index contributed by atoms with van der Waals surface area (Å²) in [6, 6.07) is 11.9. The Hall–Kier alpha value is -2.49. The lowest BCUT2D eigenvalue weighted by atomic mass is 10.1. The maximum Gasteiger partial charge on any atom is 0.185 e. The highest BCUT2D eigenvalue weighted by Gasteiger charge is 2.04. The second kappa shape index (κ2) is 3.83. The van der Waals surface area contributed by atoms with Gasteiger partial charge >= 0.3 is 0 Å². The van der Waals surface area contributed by atoms with Crippen LogP contribution in [0.4, 0.5) is 0 Å². The second-order valence-corrected chi connectivity index (χ2v) is 3.70. The fourth-order valence-electron chi connectivity index (χ4n) is 1.76. The minimum atomic E-state index is 0.303. The molecule has 0 saturated heterocycles. The van der Waals surface area contributed by atoms with Gasteiger partial charge in [-0.15, -0.1) is 0 Å². The van der Waals surface area contributed by atoms with Crippen LogP contribution in [-0.4, -0.2) is 21.2 Å². The zero-order valence-electron chi connectivity index (χ0n) is 8.92. The van der Waals surface area contributed by atoms with Crippen molar-refractivity contribution in [3.63, 3.8) is 0 Å². The predicted molar refractivity (Wildman–Crippen MR) is 64.7 cm³/mol. The lowest BCUT2D eigenvalue weighted by molar-refractivity contribution is 0.111. The van der Waals surface area contributed by atoms with E-state index >= 15 is 0 Å². The number of carbonyl (C=O) groups excluding carboxylic acids is 1. The summed E-state index contributed by atoms with van der Waals surface area (Å²) in [7, 11) is 0. The Kier molecular flexibility index (Phi) is 2.19. The molecule has 0 unspecified atom stereocenters. The fourth-order valence-corrected chi connectivity index (χ4v) is 1.76. The largest absolute Gasteiger partial charge is 0.334 e. The van der Waals surface area contributed by atoms with Gasteiger partial charge in [-0.1, -0.05) is 30.3 Å². The van der Waals surface area contributed by atoms with Gasteiger partial charge in [0, 0.05) is 11.8 Å². The summed E-state index contributed by atoms with van der Waals surface area (Å²) in [5.74, 6) is 0.303. The van der Waals surface area contributed by atoms with Crippen LogP contribution in [0.2, 0.25) is 0 Å². The van der Waals surface area contributed by atoms with Gasteiger partial charge in [-0.2, -0.15) is 0 Å². The number of imidazole rings is 1. The molecule has 82 valence electrons. The lowest BCUT2D eigenvalue weighted by Crippen LogP contribution is -1.81. The minimum absolute atomic E-state index is 0.303. The number of fused-ring (bicyclic) bond motifs is 1. The molecule has 0 bridgehead atoms. The van der Waals surface area contributed by atoms with E-state index in [2.05, 4.69) is 15.0 Å². The number of nitrogens with one attached hydrogen (secondary N) is 1. The van der Waals surface area contributed by atoms with E-state index in [4.69, 9.17) is 0 Å². The van der Waals surface area contributed by atoms with Crippen molar-refractivity contribution in [3.8, 4) is 11.1 Å². The van der Waals surface area contributed by atoms with Crippen LogP contribution in [-0.2, 0) is 0 Å². The van der Waals surface area contributed by atoms with Gasteiger partial charge in [0.2, 0.25) is 0 Å². The Bertz CT molecular complexity index is 673. The quantitative estimate of drug-likeness (QED) is 0.679. The van der Waals surface area contributed by atoms with Gasteiger partial charge in [-0.05, 0) is 11.6 Å². The molecule has 2 heterocycles. The van der Waals surface area contributed by atoms with Crippen molar-refractivity contribution in [2.24, 2.45) is 0 Å². The van der Waals surface area contributed by atoms with E-state index in [1.54, 1.807) is 6.20 Å². The molecule has 0 aliphatic rings. The molecule has 4 nitrogen and oxygen atoms in total. The molecule has 1 aromatic carbocycles. The monoisotopic (exact) mass is 223 g/mol. The maximum absolute atomic E-state index is 10.6. The molecule has 0 atom stereocenters. The number of aldehydes is 1. The van der Waals surface area contributed by atoms with Crippen molar-refractivity contribution in [3.05, 3.63) is 48.4 Å². The maximum atomic E-state index is 10.6. The summed E-state index contributed by atoms with van der Waals surface area (Å²) in [5, 5.41) is 0. The van der Waals surface area contributed by atoms with Crippen LogP contribution in [0.5, 0.6) is 0 Å². The molecule has 0 spiro atoms. The number of aromatic nitrogens is 3. The molecule has 4 heteroatoms. The van der Waals surface area contributed by atoms with E-state index in [1.807, 2.05) is 36.4 Å². The van der Waals surface area contributed by atoms with Crippen LogP contribution < -0.4 is 0 Å². The third kappa shape index (κ3) is 1.69. The highest BCUT2D eigenvalue weighted by molar-refractivity contribution is 5.82. The summed E-state index contributed by atoms with van der Waals surface area (Å²) in [6.07, 6.45) is 2.44. The molecule has 0 aliphatic carbocycles. The Morgan fingerprint density at radius 3 is 2.71 bits per heavy atom. The molecule has 0 saturated carbocycles. The van der Waals surface area contributed by atoms with Crippen molar-refractivity contribution in [2.45, 2.75) is 0 Å². The van der Waals surface area contributed by atoms with Crippen molar-refractivity contribution < 1.29 is 4.79 Å². The van der Waals surface area contributed by atoms with Crippen LogP contribution in [0, 0.1) is 0 Å². The third-order valence-electron chi connectivity index (χ3n) is 2.57. The van der Waals surface area contributed by atoms with E-state index in [-0.39, 0.29) is 0 Å². The smallest absolute Gasteiger partial charge is 0.185 e. The molecule has 0 aliphatic heterocycles. The van der Waals surface area contributed by atoms with Crippen LogP contribution >= 0.6 is 0 Å². The number of hydrogen-bond donors (Lipinski definition) is 1. The number of aromatic amines is 1. The number of carbonyl (C=O) groups is 1. The first kappa shape index (κ1) is 9.72. The number of H-pyrrole nitrogens is 1. The van der Waals surface area contributed by atoms with Crippen LogP contribution in [0.25, 0.3) is 22.3 Å². The van der Waals surface area contributed by atoms with Gasteiger partial charge in [0.1, 0.15) is 0 Å². The molecule has 1 N–H and O–H groups in total. The molecular weight excluding hydrogens is 214 g/mol. The zero-order valence-corrected chi connectivity index (χ0v) is 8.92. The number of benzene rings is 1. The lowest BCUT2D eigenvalue weighted by Gasteiger charge is -1.99. The summed E-state index contributed by atoms with van der Waals surface area (Å²) < 4.78 is 0. The Balaban J connectivity index is 2.16. The summed E-state index contributed by atoms with van der Waals surface area (Å²) in [4.78, 5) is 21.8. The normalized spacial score (nSPS) is 10.6. The van der Waals surface area contributed by atoms with E-state index in [0.717, 1.165) is 16.6 Å². The molecule has 3 aromatic rings. The van der Waals surface area contributed by atoms with Gasteiger partial charge in [-0.25, -0.2) is 9.97 Å². The number of hydrogen-bond acceptors (Lipinski definition) is 3. The molecule has 0 amide bonds. The van der Waals surface area contributed by atoms with Gasteiger partial charge in [-0.3, -0.25) is 4.79 Å². The SMILES string of the molecule is O=Cc1nc2ncc(-c3ccccc3)cc2[nH]1. The van der Waals surface area contributed by atoms with Crippen molar-refractivity contribution in [2.75, 3.05) is 0 Å². The standard InChI is InChI=1S/C13H9N3O/c17-8-12-15-11-6-10(7-14-13(11)16-12)9-4-2-1-3-5-9/h1-8H,(H,14,15,16). The number of nitrogens with zero attached hydrogens (tertiary/aromatic N) is 2. The first-order chi connectivity index (χ1) is 8.36. The minimum Gasteiger partial charge on any atom is -0.334 e. The first-order valence-electron chi connectivity index (χ1n) is 5.23. The summed E-state index contributed by atoms with van der Waals surface area (Å²) in [6.45, 7) is 0. The Morgan fingerprint density at radius 2 is 1.94 bits per heavy atom. The third-order valence-corrected chi connectivity index (χ3v) is 2.57. The Morgan fingerprint density at radius 1 is 1.12 bits per heavy atom. The first-order valence-corrected chi connectivity index (χ1v) is 5.23. The van der Waals surface area contributed by atoms with Crippen LogP contribution in [0.15, 0.2) is 42.6 Å². The molecule has 3 rings (SSSR count). The summed E-state index contributed by atoms with van der Waals surface area (Å²) in [5.41, 5.74) is 3.42. The highest BCUT2D eigenvalue weighted by atomic mass is 16.1. The number of rotatable bonds is 2. The van der Waals surface area contributed by atoms with E-state index in [9.17, 15) is 4.79 Å². The van der Waals surface area contributed by atoms with Gasteiger partial charge in [0.25, 0.3) is 0 Å². The van der Waals surface area contributed by atoms with Crippen molar-refractivity contribution >= 4 is 17.5 Å². The van der Waals surface area contributed by atoms with Gasteiger partial charge in [0.15, 0.2) is 17.8 Å². The van der Waals surface area contributed by atoms with E-state index in [0.29, 0.717) is 17.8 Å². The van der Waals surface area contributed by atoms with E-state index < -0.39 is 0 Å². The zero-order chi connectivity index (χ0) is 11.7. The van der Waals surface area contributed by atoms with Gasteiger partial charge in [0.05, 0.1) is 5.52 Å². The highest BCUT2D eigenvalue weighted by Crippen LogP contribution is 2.20. The Labute approximate surface area is 97.3 Å². The van der Waals surface area contributed by atoms with Gasteiger partial charge < -0.3 is 4.98 Å².